The number of para-hydroxylation sites is 1. The summed E-state index contributed by atoms with van der Waals surface area (Å²) in [6, 6.07) is 14.0. The molecule has 2 nitrogen and oxygen atoms in total. The van der Waals surface area contributed by atoms with Gasteiger partial charge in [-0.3, -0.25) is 0 Å². The Kier molecular flexibility index (Phi) is 3.15. The van der Waals surface area contributed by atoms with Crippen LogP contribution in [-0.4, -0.2) is 12.9 Å². The van der Waals surface area contributed by atoms with Gasteiger partial charge >= 0.3 is 0 Å². The van der Waals surface area contributed by atoms with Gasteiger partial charge in [-0.15, -0.1) is 11.3 Å². The van der Waals surface area contributed by atoms with Crippen molar-refractivity contribution in [1.82, 2.24) is 5.32 Å². The summed E-state index contributed by atoms with van der Waals surface area (Å²) in [5.74, 6) is 0.913. The van der Waals surface area contributed by atoms with Gasteiger partial charge in [0, 0.05) is 7.05 Å². The standard InChI is InChI=1S/C12H12N2S/c1-13-12(11-8-5-9-15-11)14-10-6-3-2-4-7-10/h2-9H,1H3,(H,13,14). The van der Waals surface area contributed by atoms with Gasteiger partial charge in [-0.1, -0.05) is 24.3 Å². The van der Waals surface area contributed by atoms with Gasteiger partial charge in [0.1, 0.15) is 5.84 Å². The van der Waals surface area contributed by atoms with Gasteiger partial charge in [0.15, 0.2) is 0 Å². The maximum atomic E-state index is 4.54. The monoisotopic (exact) mass is 216 g/mol. The first-order valence-electron chi connectivity index (χ1n) is 4.75. The zero-order valence-corrected chi connectivity index (χ0v) is 9.29. The van der Waals surface area contributed by atoms with E-state index >= 15 is 0 Å². The Hall–Kier alpha value is -1.61. The highest BCUT2D eigenvalue weighted by Gasteiger charge is 2.01. The van der Waals surface area contributed by atoms with Gasteiger partial charge in [0.05, 0.1) is 10.6 Å². The summed E-state index contributed by atoms with van der Waals surface area (Å²) in [6.45, 7) is 0. The largest absolute Gasteiger partial charge is 0.372 e. The summed E-state index contributed by atoms with van der Waals surface area (Å²) in [5, 5.41) is 5.16. The van der Waals surface area contributed by atoms with Crippen LogP contribution in [0.3, 0.4) is 0 Å². The second kappa shape index (κ2) is 4.75. The second-order valence-corrected chi connectivity index (χ2v) is 3.97. The maximum Gasteiger partial charge on any atom is 0.143 e. The van der Waals surface area contributed by atoms with E-state index in [1.165, 1.54) is 0 Å². The zero-order chi connectivity index (χ0) is 10.5. The van der Waals surface area contributed by atoms with Gasteiger partial charge in [-0.05, 0) is 23.6 Å². The first-order valence-corrected chi connectivity index (χ1v) is 5.63. The lowest BCUT2D eigenvalue weighted by Crippen LogP contribution is -2.17. The molecule has 0 aliphatic heterocycles. The van der Waals surface area contributed by atoms with Gasteiger partial charge in [-0.25, -0.2) is 4.99 Å². The quantitative estimate of drug-likeness (QED) is 0.605. The number of amidine groups is 1. The molecule has 0 amide bonds. The first-order chi connectivity index (χ1) is 7.40. The fourth-order valence-corrected chi connectivity index (χ4v) is 2.00. The van der Waals surface area contributed by atoms with Gasteiger partial charge in [-0.2, -0.15) is 0 Å². The minimum atomic E-state index is 0.913. The third kappa shape index (κ3) is 2.44. The zero-order valence-electron chi connectivity index (χ0n) is 8.47. The molecule has 0 aliphatic carbocycles. The number of thiophene rings is 1. The lowest BCUT2D eigenvalue weighted by atomic mass is 10.3. The molecule has 3 heteroatoms. The highest BCUT2D eigenvalue weighted by molar-refractivity contribution is 7.12. The molecule has 0 atom stereocenters. The Labute approximate surface area is 93.3 Å². The van der Waals surface area contributed by atoms with Gasteiger partial charge < -0.3 is 5.32 Å². The van der Waals surface area contributed by atoms with Crippen LogP contribution in [0, 0.1) is 0 Å². The number of nitrogens with zero attached hydrogens (tertiary/aromatic N) is 1. The summed E-state index contributed by atoms with van der Waals surface area (Å²) in [4.78, 5) is 5.69. The predicted octanol–water partition coefficient (Wildman–Crippen LogP) is 3.05. The number of benzene rings is 1. The van der Waals surface area contributed by atoms with Crippen LogP contribution >= 0.6 is 11.3 Å². The number of aliphatic imine (C=N–C) groups is 1. The molecule has 1 N–H and O–H groups in total. The smallest absolute Gasteiger partial charge is 0.143 e. The third-order valence-corrected chi connectivity index (χ3v) is 2.87. The van der Waals surface area contributed by atoms with Crippen molar-refractivity contribution < 1.29 is 0 Å². The van der Waals surface area contributed by atoms with Crippen LogP contribution in [-0.2, 0) is 0 Å². The summed E-state index contributed by atoms with van der Waals surface area (Å²) < 4.78 is 0. The van der Waals surface area contributed by atoms with Crippen LogP contribution in [0.25, 0.3) is 0 Å². The molecule has 1 aromatic heterocycles. The summed E-state index contributed by atoms with van der Waals surface area (Å²) in [7, 11) is 1.89. The number of hydrogen-bond acceptors (Lipinski definition) is 2. The van der Waals surface area contributed by atoms with Gasteiger partial charge in [0.2, 0.25) is 0 Å². The highest BCUT2D eigenvalue weighted by Crippen LogP contribution is 2.14. The normalized spacial score (nSPS) is 11.4. The van der Waals surface area contributed by atoms with Crippen molar-refractivity contribution in [2.24, 2.45) is 4.99 Å². The fraction of sp³-hybridized carbons (Fsp3) is 0.0833. The molecule has 0 aliphatic rings. The Morgan fingerprint density at radius 3 is 2.53 bits per heavy atom. The van der Waals surface area contributed by atoms with E-state index < -0.39 is 0 Å². The average molecular weight is 216 g/mol. The highest BCUT2D eigenvalue weighted by atomic mass is 32.1. The van der Waals surface area contributed by atoms with Crippen LogP contribution in [0.5, 0.6) is 0 Å². The number of hydrogen-bond donors (Lipinski definition) is 1. The van der Waals surface area contributed by atoms with Crippen molar-refractivity contribution in [3.05, 3.63) is 52.7 Å². The minimum Gasteiger partial charge on any atom is -0.372 e. The molecule has 76 valence electrons. The summed E-state index contributed by atoms with van der Waals surface area (Å²) in [5.41, 5.74) is 0.968. The fourth-order valence-electron chi connectivity index (χ4n) is 1.28. The molecular weight excluding hydrogens is 204 g/mol. The van der Waals surface area contributed by atoms with Crippen molar-refractivity contribution in [3.8, 4) is 0 Å². The van der Waals surface area contributed by atoms with Crippen molar-refractivity contribution in [1.29, 1.82) is 0 Å². The molecule has 15 heavy (non-hydrogen) atoms. The Balaban J connectivity index is 2.32. The SMILES string of the molecule is CNC(=Nc1ccccc1)c1cccs1. The van der Waals surface area contributed by atoms with Crippen LogP contribution < -0.4 is 5.32 Å². The first kappa shape index (κ1) is 9.93. The molecule has 2 aromatic rings. The molecule has 0 radical (unpaired) electrons. The Morgan fingerprint density at radius 2 is 1.93 bits per heavy atom. The van der Waals surface area contributed by atoms with Crippen molar-refractivity contribution in [3.63, 3.8) is 0 Å². The van der Waals surface area contributed by atoms with Crippen molar-refractivity contribution in [2.45, 2.75) is 0 Å². The molecule has 0 fully saturated rings. The number of nitrogens with one attached hydrogen (secondary N) is 1. The molecule has 1 heterocycles. The average Bonchev–Trinajstić information content (AvgIpc) is 2.81. The van der Waals surface area contributed by atoms with E-state index in [0.717, 1.165) is 16.4 Å². The molecule has 0 saturated heterocycles. The molecule has 1 aromatic carbocycles. The van der Waals surface area contributed by atoms with E-state index in [-0.39, 0.29) is 0 Å². The molecule has 0 spiro atoms. The molecular formula is C12H12N2S. The van der Waals surface area contributed by atoms with E-state index in [1.807, 2.05) is 48.8 Å². The van der Waals surface area contributed by atoms with Gasteiger partial charge in [0.25, 0.3) is 0 Å². The molecule has 0 saturated carbocycles. The summed E-state index contributed by atoms with van der Waals surface area (Å²) in [6.07, 6.45) is 0. The van der Waals surface area contributed by atoms with Crippen LogP contribution in [0.4, 0.5) is 5.69 Å². The van der Waals surface area contributed by atoms with E-state index in [4.69, 9.17) is 0 Å². The van der Waals surface area contributed by atoms with Crippen LogP contribution in [0.15, 0.2) is 52.8 Å². The van der Waals surface area contributed by atoms with E-state index in [1.54, 1.807) is 11.3 Å². The summed E-state index contributed by atoms with van der Waals surface area (Å²) >= 11 is 1.68. The Bertz CT molecular complexity index is 432. The van der Waals surface area contributed by atoms with E-state index in [9.17, 15) is 0 Å². The van der Waals surface area contributed by atoms with E-state index in [2.05, 4.69) is 16.4 Å². The molecule has 0 bridgehead atoms. The van der Waals surface area contributed by atoms with E-state index in [0.29, 0.717) is 0 Å². The number of rotatable bonds is 2. The van der Waals surface area contributed by atoms with Crippen LogP contribution in [0.2, 0.25) is 0 Å². The minimum absolute atomic E-state index is 0.913. The maximum absolute atomic E-state index is 4.54. The Morgan fingerprint density at radius 1 is 1.13 bits per heavy atom. The third-order valence-electron chi connectivity index (χ3n) is 1.99. The second-order valence-electron chi connectivity index (χ2n) is 3.02. The van der Waals surface area contributed by atoms with Crippen LogP contribution in [0.1, 0.15) is 4.88 Å². The predicted molar refractivity (Wildman–Crippen MR) is 66.0 cm³/mol. The molecule has 2 rings (SSSR count). The molecule has 0 unspecified atom stereocenters. The lowest BCUT2D eigenvalue weighted by Gasteiger charge is -2.02. The lowest BCUT2D eigenvalue weighted by molar-refractivity contribution is 1.17. The van der Waals surface area contributed by atoms with Crippen molar-refractivity contribution in [2.75, 3.05) is 7.05 Å². The topological polar surface area (TPSA) is 24.4 Å². The van der Waals surface area contributed by atoms with Crippen molar-refractivity contribution >= 4 is 22.9 Å².